The lowest BCUT2D eigenvalue weighted by molar-refractivity contribution is 0.114. The molecular formula is C16H23ClO. The highest BCUT2D eigenvalue weighted by Crippen LogP contribution is 2.13. The molecule has 0 spiro atoms. The van der Waals surface area contributed by atoms with Crippen LogP contribution in [0.4, 0.5) is 0 Å². The van der Waals surface area contributed by atoms with Gasteiger partial charge in [0.15, 0.2) is 0 Å². The van der Waals surface area contributed by atoms with Gasteiger partial charge in [-0.15, -0.1) is 0 Å². The van der Waals surface area contributed by atoms with Gasteiger partial charge < -0.3 is 4.74 Å². The summed E-state index contributed by atoms with van der Waals surface area (Å²) in [6.45, 7) is 5.74. The molecule has 1 aromatic rings. The summed E-state index contributed by atoms with van der Waals surface area (Å²) in [5, 5.41) is 0.891. The van der Waals surface area contributed by atoms with Crippen LogP contribution < -0.4 is 0 Å². The molecule has 1 rings (SSSR count). The second kappa shape index (κ2) is 9.18. The van der Waals surface area contributed by atoms with Gasteiger partial charge in [-0.1, -0.05) is 54.9 Å². The van der Waals surface area contributed by atoms with Gasteiger partial charge in [0.1, 0.15) is 0 Å². The number of hydrogen-bond acceptors (Lipinski definition) is 1. The topological polar surface area (TPSA) is 9.23 Å². The first kappa shape index (κ1) is 15.3. The number of allylic oxidation sites excluding steroid dienone is 2. The van der Waals surface area contributed by atoms with Crippen LogP contribution in [0.3, 0.4) is 0 Å². The lowest BCUT2D eigenvalue weighted by atomic mass is 10.0. The summed E-state index contributed by atoms with van der Waals surface area (Å²) < 4.78 is 5.65. The zero-order valence-corrected chi connectivity index (χ0v) is 12.1. The van der Waals surface area contributed by atoms with Gasteiger partial charge in [-0.3, -0.25) is 0 Å². The van der Waals surface area contributed by atoms with Crippen molar-refractivity contribution in [1.82, 2.24) is 0 Å². The van der Waals surface area contributed by atoms with Crippen LogP contribution in [0, 0.1) is 5.92 Å². The number of hydrogen-bond donors (Lipinski definition) is 0. The average molecular weight is 267 g/mol. The van der Waals surface area contributed by atoms with Crippen molar-refractivity contribution in [3.8, 4) is 0 Å². The molecule has 1 aromatic carbocycles. The highest BCUT2D eigenvalue weighted by molar-refractivity contribution is 6.29. The third-order valence-corrected chi connectivity index (χ3v) is 3.05. The molecule has 18 heavy (non-hydrogen) atoms. The van der Waals surface area contributed by atoms with Crippen LogP contribution in [0.2, 0.25) is 0 Å². The quantitative estimate of drug-likeness (QED) is 0.591. The van der Waals surface area contributed by atoms with Crippen LogP contribution in [0.1, 0.15) is 38.7 Å². The third-order valence-electron chi connectivity index (χ3n) is 2.90. The predicted molar refractivity (Wildman–Crippen MR) is 78.7 cm³/mol. The van der Waals surface area contributed by atoms with E-state index >= 15 is 0 Å². The molecule has 0 saturated carbocycles. The van der Waals surface area contributed by atoms with Crippen molar-refractivity contribution in [2.45, 2.75) is 39.7 Å². The smallest absolute Gasteiger partial charge is 0.0716 e. The van der Waals surface area contributed by atoms with E-state index in [4.69, 9.17) is 16.3 Å². The van der Waals surface area contributed by atoms with Gasteiger partial charge in [0.05, 0.1) is 6.61 Å². The van der Waals surface area contributed by atoms with Gasteiger partial charge in [0.2, 0.25) is 0 Å². The molecular weight excluding hydrogens is 244 g/mol. The van der Waals surface area contributed by atoms with E-state index in [-0.39, 0.29) is 0 Å². The Bertz CT molecular complexity index is 341. The average Bonchev–Trinajstić information content (AvgIpc) is 2.37. The molecule has 0 fully saturated rings. The first-order valence-electron chi connectivity index (χ1n) is 6.62. The minimum Gasteiger partial charge on any atom is -0.377 e. The van der Waals surface area contributed by atoms with Gasteiger partial charge in [0, 0.05) is 11.6 Å². The summed E-state index contributed by atoms with van der Waals surface area (Å²) in [7, 11) is 0. The maximum atomic E-state index is 5.81. The Kier molecular flexibility index (Phi) is 7.79. The van der Waals surface area contributed by atoms with Crippen molar-refractivity contribution in [3.05, 3.63) is 47.0 Å². The Morgan fingerprint density at radius 3 is 2.72 bits per heavy atom. The fraction of sp³-hybridized carbons (Fsp3) is 0.500. The maximum absolute atomic E-state index is 5.81. The second-order valence-corrected chi connectivity index (χ2v) is 5.41. The zero-order chi connectivity index (χ0) is 13.2. The minimum absolute atomic E-state index is 0.680. The van der Waals surface area contributed by atoms with Gasteiger partial charge in [-0.2, -0.15) is 0 Å². The molecule has 0 aromatic heterocycles. The fourth-order valence-corrected chi connectivity index (χ4v) is 1.87. The number of halogens is 1. The number of benzene rings is 1. The molecule has 0 bridgehead atoms. The predicted octanol–water partition coefficient (Wildman–Crippen LogP) is 5.15. The van der Waals surface area contributed by atoms with Crippen LogP contribution in [0.5, 0.6) is 0 Å². The zero-order valence-electron chi connectivity index (χ0n) is 11.4. The Balaban J connectivity index is 2.03. The van der Waals surface area contributed by atoms with Crippen molar-refractivity contribution in [2.75, 3.05) is 6.61 Å². The highest BCUT2D eigenvalue weighted by Gasteiger charge is 2.00. The van der Waals surface area contributed by atoms with E-state index in [1.165, 1.54) is 12.0 Å². The fourth-order valence-electron chi connectivity index (χ4n) is 1.78. The van der Waals surface area contributed by atoms with E-state index in [9.17, 15) is 0 Å². The van der Waals surface area contributed by atoms with Crippen LogP contribution >= 0.6 is 11.6 Å². The molecule has 0 aliphatic carbocycles. The Morgan fingerprint density at radius 2 is 2.06 bits per heavy atom. The molecule has 0 aliphatic heterocycles. The van der Waals surface area contributed by atoms with Crippen LogP contribution in [-0.2, 0) is 11.3 Å². The molecule has 1 unspecified atom stereocenters. The molecule has 0 heterocycles. The summed E-state index contributed by atoms with van der Waals surface area (Å²) >= 11 is 5.81. The molecule has 1 atom stereocenters. The Morgan fingerprint density at radius 1 is 1.33 bits per heavy atom. The van der Waals surface area contributed by atoms with Crippen LogP contribution in [-0.4, -0.2) is 6.61 Å². The van der Waals surface area contributed by atoms with E-state index in [0.29, 0.717) is 5.92 Å². The molecule has 1 nitrogen and oxygen atoms in total. The molecule has 0 radical (unpaired) electrons. The van der Waals surface area contributed by atoms with E-state index in [2.05, 4.69) is 25.1 Å². The van der Waals surface area contributed by atoms with E-state index in [1.807, 2.05) is 25.1 Å². The van der Waals surface area contributed by atoms with Crippen LogP contribution in [0.25, 0.3) is 0 Å². The largest absolute Gasteiger partial charge is 0.377 e. The number of ether oxygens (including phenoxy) is 1. The Hall–Kier alpha value is -0.790. The first-order valence-corrected chi connectivity index (χ1v) is 7.00. The molecule has 0 amide bonds. The van der Waals surface area contributed by atoms with Crippen LogP contribution in [0.15, 0.2) is 41.4 Å². The minimum atomic E-state index is 0.680. The van der Waals surface area contributed by atoms with Crippen molar-refractivity contribution < 1.29 is 4.74 Å². The monoisotopic (exact) mass is 266 g/mol. The van der Waals surface area contributed by atoms with E-state index in [0.717, 1.165) is 31.1 Å². The van der Waals surface area contributed by atoms with Crippen molar-refractivity contribution in [1.29, 1.82) is 0 Å². The lowest BCUT2D eigenvalue weighted by Crippen LogP contribution is -1.99. The molecule has 0 aliphatic rings. The summed E-state index contributed by atoms with van der Waals surface area (Å²) in [4.78, 5) is 0. The third kappa shape index (κ3) is 7.52. The Labute approximate surface area is 116 Å². The standard InChI is InChI=1S/C16H23ClO/c1-14(10-11-15(2)17)7-6-12-18-13-16-8-4-3-5-9-16/h3-5,8-9,11,14H,6-7,10,12-13H2,1-2H3. The summed E-state index contributed by atoms with van der Waals surface area (Å²) in [5.41, 5.74) is 1.24. The summed E-state index contributed by atoms with van der Waals surface area (Å²) in [6, 6.07) is 10.3. The first-order chi connectivity index (χ1) is 8.68. The number of rotatable bonds is 8. The molecule has 2 heteroatoms. The van der Waals surface area contributed by atoms with Gasteiger partial charge >= 0.3 is 0 Å². The SMILES string of the molecule is CC(Cl)=CCC(C)CCCOCc1ccccc1. The van der Waals surface area contributed by atoms with Crippen molar-refractivity contribution in [2.24, 2.45) is 5.92 Å². The maximum Gasteiger partial charge on any atom is 0.0716 e. The van der Waals surface area contributed by atoms with Gasteiger partial charge in [0.25, 0.3) is 0 Å². The molecule has 0 saturated heterocycles. The van der Waals surface area contributed by atoms with Gasteiger partial charge in [-0.05, 0) is 37.7 Å². The van der Waals surface area contributed by atoms with Gasteiger partial charge in [-0.25, -0.2) is 0 Å². The van der Waals surface area contributed by atoms with E-state index < -0.39 is 0 Å². The van der Waals surface area contributed by atoms with Crippen molar-refractivity contribution in [3.63, 3.8) is 0 Å². The molecule has 0 N–H and O–H groups in total. The summed E-state index contributed by atoms with van der Waals surface area (Å²) in [6.07, 6.45) is 5.46. The van der Waals surface area contributed by atoms with Crippen molar-refractivity contribution >= 4 is 11.6 Å². The highest BCUT2D eigenvalue weighted by atomic mass is 35.5. The normalized spacial score (nSPS) is 13.6. The second-order valence-electron chi connectivity index (χ2n) is 4.81. The van der Waals surface area contributed by atoms with E-state index in [1.54, 1.807) is 0 Å². The molecule has 100 valence electrons. The summed E-state index contributed by atoms with van der Waals surface area (Å²) in [5.74, 6) is 0.680. The lowest BCUT2D eigenvalue weighted by Gasteiger charge is -2.09.